The molecule has 7 rings (SSSR count). The lowest BCUT2D eigenvalue weighted by Gasteiger charge is -2.60. The Kier molecular flexibility index (Phi) is 10.1. The third kappa shape index (κ3) is 6.60. The lowest BCUT2D eigenvalue weighted by molar-refractivity contribution is -0.153. The van der Waals surface area contributed by atoms with E-state index in [-0.39, 0.29) is 40.6 Å². The van der Waals surface area contributed by atoms with Crippen molar-refractivity contribution in [3.8, 4) is 0 Å². The lowest BCUT2D eigenvalue weighted by Crippen LogP contribution is -2.54. The molecule has 2 aromatic rings. The van der Waals surface area contributed by atoms with Gasteiger partial charge < -0.3 is 14.5 Å². The van der Waals surface area contributed by atoms with Gasteiger partial charge in [0, 0.05) is 51.0 Å². The largest absolute Gasteiger partial charge is 0.368 e. The highest BCUT2D eigenvalue weighted by atomic mass is 19.1. The van der Waals surface area contributed by atoms with Crippen molar-refractivity contribution >= 4 is 23.7 Å². The number of hydrogen-bond donors (Lipinski definition) is 1. The maximum atomic E-state index is 15.0. The van der Waals surface area contributed by atoms with Gasteiger partial charge in [0.05, 0.1) is 17.4 Å². The summed E-state index contributed by atoms with van der Waals surface area (Å²) >= 11 is 0. The number of aromatic amines is 1. The van der Waals surface area contributed by atoms with Crippen molar-refractivity contribution in [2.75, 3.05) is 32.8 Å². The van der Waals surface area contributed by atoms with Gasteiger partial charge in [-0.25, -0.2) is 9.49 Å². The number of allylic oxidation sites excluding steroid dienone is 2. The Morgan fingerprint density at radius 3 is 2.54 bits per heavy atom. The van der Waals surface area contributed by atoms with Crippen LogP contribution in [0.4, 0.5) is 4.39 Å². The molecule has 4 saturated carbocycles. The van der Waals surface area contributed by atoms with E-state index >= 15 is 4.39 Å². The molecule has 10 heteroatoms. The Labute approximate surface area is 306 Å². The first-order chi connectivity index (χ1) is 24.9. The van der Waals surface area contributed by atoms with Crippen molar-refractivity contribution in [3.63, 3.8) is 0 Å². The molecule has 1 saturated heterocycles. The van der Waals surface area contributed by atoms with E-state index in [2.05, 4.69) is 30.6 Å². The van der Waals surface area contributed by atoms with E-state index in [9.17, 15) is 19.2 Å². The minimum atomic E-state index is -0.602. The monoisotopic (exact) mass is 712 g/mol. The highest BCUT2D eigenvalue weighted by Gasteiger charge is 2.60. The predicted octanol–water partition coefficient (Wildman–Crippen LogP) is 6.29. The zero-order valence-electron chi connectivity index (χ0n) is 30.9. The number of fused-ring (bicyclic) bond motifs is 5. The van der Waals surface area contributed by atoms with Gasteiger partial charge in [-0.05, 0) is 116 Å². The van der Waals surface area contributed by atoms with Crippen LogP contribution in [0.15, 0.2) is 41.7 Å². The second kappa shape index (κ2) is 14.5. The van der Waals surface area contributed by atoms with Crippen molar-refractivity contribution in [2.45, 2.75) is 91.1 Å². The van der Waals surface area contributed by atoms with Crippen LogP contribution in [0.25, 0.3) is 6.08 Å². The summed E-state index contributed by atoms with van der Waals surface area (Å²) in [6.07, 6.45) is 14.7. The summed E-state index contributed by atoms with van der Waals surface area (Å²) < 4.78 is 21.5. The molecule has 5 aliphatic rings. The molecule has 1 aliphatic heterocycles. The minimum absolute atomic E-state index is 0.0207. The topological polar surface area (TPSA) is 113 Å². The van der Waals surface area contributed by atoms with E-state index in [1.54, 1.807) is 40.2 Å². The summed E-state index contributed by atoms with van der Waals surface area (Å²) in [6.45, 7) is 11.7. The molecule has 0 unspecified atom stereocenters. The first kappa shape index (κ1) is 36.4. The van der Waals surface area contributed by atoms with Crippen molar-refractivity contribution < 1.29 is 23.5 Å². The number of rotatable bonds is 8. The Bertz CT molecular complexity index is 1830. The maximum absolute atomic E-state index is 15.0. The van der Waals surface area contributed by atoms with E-state index in [4.69, 9.17) is 4.74 Å². The fourth-order valence-corrected chi connectivity index (χ4v) is 11.0. The smallest absolute Gasteiger partial charge is 0.271 e. The summed E-state index contributed by atoms with van der Waals surface area (Å²) in [4.78, 5) is 54.9. The van der Waals surface area contributed by atoms with Crippen molar-refractivity contribution in [1.29, 1.82) is 0 Å². The molecule has 0 spiro atoms. The summed E-state index contributed by atoms with van der Waals surface area (Å²) in [5.41, 5.74) is 2.51. The predicted molar refractivity (Wildman–Crippen MR) is 197 cm³/mol. The number of ketones is 1. The van der Waals surface area contributed by atoms with Gasteiger partial charge in [0.25, 0.3) is 11.5 Å². The zero-order valence-corrected chi connectivity index (χ0v) is 30.9. The van der Waals surface area contributed by atoms with Gasteiger partial charge in [-0.3, -0.25) is 19.2 Å². The van der Waals surface area contributed by atoms with Crippen molar-refractivity contribution in [1.82, 2.24) is 20.0 Å². The van der Waals surface area contributed by atoms with E-state index in [0.29, 0.717) is 84.4 Å². The van der Waals surface area contributed by atoms with Gasteiger partial charge in [0.2, 0.25) is 5.91 Å². The van der Waals surface area contributed by atoms with Gasteiger partial charge in [0.1, 0.15) is 18.2 Å². The molecule has 2 amide bonds. The quantitative estimate of drug-likeness (QED) is 0.322. The van der Waals surface area contributed by atoms with E-state index in [1.165, 1.54) is 18.9 Å². The van der Waals surface area contributed by atoms with Crippen LogP contribution in [-0.4, -0.2) is 76.5 Å². The van der Waals surface area contributed by atoms with Crippen LogP contribution in [0.1, 0.15) is 104 Å². The Balaban J connectivity index is 0.927. The number of halogens is 1. The summed E-state index contributed by atoms with van der Waals surface area (Å²) in [6, 6.07) is 4.47. The average molecular weight is 713 g/mol. The van der Waals surface area contributed by atoms with Crippen LogP contribution in [0.2, 0.25) is 0 Å². The minimum Gasteiger partial charge on any atom is -0.368 e. The van der Waals surface area contributed by atoms with E-state index < -0.39 is 11.7 Å². The van der Waals surface area contributed by atoms with Gasteiger partial charge in [-0.1, -0.05) is 38.6 Å². The summed E-state index contributed by atoms with van der Waals surface area (Å²) in [5, 5.41) is 6.73. The number of H-pyrrole nitrogens is 1. The molecule has 5 fully saturated rings. The van der Waals surface area contributed by atoms with Gasteiger partial charge in [-0.2, -0.15) is 5.10 Å². The van der Waals surface area contributed by atoms with E-state index in [0.717, 1.165) is 44.9 Å². The number of aromatic nitrogens is 2. The standard InChI is InChI=1S/C42H53FN4O5/c1-5-6-7-30-26(2)36(44-45-39(30)50)23-27-8-12-35(43)32(22-27)40(51)47-20-18-46(19-21-47)38(49)25-52-37-13-11-33-31-10-9-28-24-29(48)14-16-41(28,3)34(31)15-17-42(33,37)4/h5-8,12,22,28,31,33-34,37H,1,9-11,13-21,23-25H2,2-4H3,(H,45,50)/b7-6-/t28-,31-,33-,34-,37-,41-,42-/m0/s1. The van der Waals surface area contributed by atoms with Gasteiger partial charge >= 0.3 is 0 Å². The second-order valence-corrected chi connectivity index (χ2v) is 16.6. The van der Waals surface area contributed by atoms with Crippen LogP contribution < -0.4 is 5.56 Å². The second-order valence-electron chi connectivity index (χ2n) is 16.6. The van der Waals surface area contributed by atoms with Crippen LogP contribution in [0, 0.1) is 47.2 Å². The van der Waals surface area contributed by atoms with Gasteiger partial charge in [0.15, 0.2) is 0 Å². The van der Waals surface area contributed by atoms with Crippen molar-refractivity contribution in [3.05, 3.63) is 81.0 Å². The fourth-order valence-electron chi connectivity index (χ4n) is 11.0. The zero-order chi connectivity index (χ0) is 36.8. The number of amides is 2. The first-order valence-corrected chi connectivity index (χ1v) is 19.3. The lowest BCUT2D eigenvalue weighted by atomic mass is 9.45. The molecule has 1 aromatic heterocycles. The molecule has 278 valence electrons. The molecule has 52 heavy (non-hydrogen) atoms. The molecule has 1 N–H and O–H groups in total. The Morgan fingerprint density at radius 2 is 1.77 bits per heavy atom. The number of benzene rings is 1. The number of carbonyl (C=O) groups excluding carboxylic acids is 3. The molecular weight excluding hydrogens is 659 g/mol. The number of Topliss-reactive ketones (excluding diaryl/α,β-unsaturated/α-hetero) is 1. The number of nitrogens with one attached hydrogen (secondary N) is 1. The number of ether oxygens (including phenoxy) is 1. The first-order valence-electron chi connectivity index (χ1n) is 19.3. The number of piperazine rings is 1. The molecule has 2 heterocycles. The molecule has 7 atom stereocenters. The molecular formula is C42H53FN4O5. The molecule has 0 radical (unpaired) electrons. The van der Waals surface area contributed by atoms with Gasteiger partial charge in [-0.15, -0.1) is 0 Å². The molecule has 9 nitrogen and oxygen atoms in total. The molecule has 0 bridgehead atoms. The highest BCUT2D eigenvalue weighted by Crippen LogP contribution is 2.66. The Hall–Kier alpha value is -3.92. The van der Waals surface area contributed by atoms with Crippen LogP contribution in [-0.2, 0) is 20.7 Å². The van der Waals surface area contributed by atoms with Crippen LogP contribution >= 0.6 is 0 Å². The normalized spacial score (nSPS) is 31.6. The van der Waals surface area contributed by atoms with E-state index in [1.807, 2.05) is 6.92 Å². The van der Waals surface area contributed by atoms with Crippen LogP contribution in [0.5, 0.6) is 0 Å². The Morgan fingerprint density at radius 1 is 1.02 bits per heavy atom. The number of nitrogens with zero attached hydrogens (tertiary/aromatic N) is 3. The summed E-state index contributed by atoms with van der Waals surface area (Å²) in [7, 11) is 0. The SMILES string of the molecule is C=C/C=C\c1c(C)c(Cc2ccc(F)c(C(=O)N3CCN(C(=O)CO[C@H]4CC[C@H]5[C@@H]6CC[C@H]7CC(=O)CC[C@]7(C)[C@H]6CC[C@]45C)CC3)c2)n[nH]c1=O. The fraction of sp³-hybridized carbons (Fsp3) is 0.595. The summed E-state index contributed by atoms with van der Waals surface area (Å²) in [5.74, 6) is 1.88. The average Bonchev–Trinajstić information content (AvgIpc) is 3.48. The molecule has 1 aromatic carbocycles. The number of hydrogen-bond acceptors (Lipinski definition) is 6. The molecule has 4 aliphatic carbocycles. The third-order valence-electron chi connectivity index (χ3n) is 14.1. The van der Waals surface area contributed by atoms with Crippen molar-refractivity contribution in [2.24, 2.45) is 34.5 Å². The van der Waals surface area contributed by atoms with Crippen LogP contribution in [0.3, 0.4) is 0 Å². The highest BCUT2D eigenvalue weighted by molar-refractivity contribution is 5.95. The maximum Gasteiger partial charge on any atom is 0.271 e. The number of carbonyl (C=O) groups is 3. The third-order valence-corrected chi connectivity index (χ3v) is 14.1.